The molecule has 0 saturated heterocycles. The van der Waals surface area contributed by atoms with Gasteiger partial charge in [0, 0.05) is 12.3 Å². The number of rotatable bonds is 7. The molecule has 0 radical (unpaired) electrons. The van der Waals surface area contributed by atoms with Crippen LogP contribution >= 0.6 is 15.9 Å². The van der Waals surface area contributed by atoms with E-state index in [2.05, 4.69) is 26.3 Å². The van der Waals surface area contributed by atoms with Gasteiger partial charge in [-0.3, -0.25) is 9.48 Å². The minimum Gasteiger partial charge on any atom is -0.479 e. The number of hydrogen-bond donors (Lipinski definition) is 1. The Morgan fingerprint density at radius 2 is 1.76 bits per heavy atom. The summed E-state index contributed by atoms with van der Waals surface area (Å²) in [6.07, 6.45) is 1.71. The minimum atomic E-state index is -1.67. The molecule has 2 heterocycles. The van der Waals surface area contributed by atoms with Crippen molar-refractivity contribution < 1.29 is 31.5 Å². The molecule has 4 rings (SSSR count). The molecule has 0 aliphatic heterocycles. The number of benzene rings is 2. The second-order valence-corrected chi connectivity index (χ2v) is 8.17. The third-order valence-electron chi connectivity index (χ3n) is 4.73. The average molecular weight is 538 g/mol. The van der Waals surface area contributed by atoms with E-state index >= 15 is 0 Å². The monoisotopic (exact) mass is 537 g/mol. The second kappa shape index (κ2) is 9.72. The summed E-state index contributed by atoms with van der Waals surface area (Å²) in [5, 5.41) is 6.92. The quantitative estimate of drug-likeness (QED) is 0.232. The van der Waals surface area contributed by atoms with Crippen LogP contribution < -0.4 is 10.1 Å². The third kappa shape index (κ3) is 5.14. The van der Waals surface area contributed by atoms with Crippen LogP contribution in [0.25, 0.3) is 0 Å². The lowest BCUT2D eigenvalue weighted by Crippen LogP contribution is -2.12. The van der Waals surface area contributed by atoms with Gasteiger partial charge in [0.05, 0.1) is 11.0 Å². The van der Waals surface area contributed by atoms with E-state index < -0.39 is 41.5 Å². The molecule has 1 amide bonds. The fraction of sp³-hybridized carbons (Fsp3) is 0.130. The standard InChI is InChI=1S/C23H16BrF4N3O3/c1-12-2-4-13(5-3-12)9-31-10-15(24)22(30-31)29-23(32)18-7-6-14(34-18)11-33-21-19(27)16(25)8-17(26)20(21)28/h2-8,10H,9,11H2,1H3,(H,29,30,32). The van der Waals surface area contributed by atoms with E-state index in [1.54, 1.807) is 10.9 Å². The van der Waals surface area contributed by atoms with E-state index in [0.29, 0.717) is 11.0 Å². The average Bonchev–Trinajstić information content (AvgIpc) is 3.40. The van der Waals surface area contributed by atoms with Crippen molar-refractivity contribution >= 4 is 27.7 Å². The zero-order chi connectivity index (χ0) is 24.4. The van der Waals surface area contributed by atoms with Gasteiger partial charge < -0.3 is 14.5 Å². The van der Waals surface area contributed by atoms with Crippen LogP contribution in [0.1, 0.15) is 27.4 Å². The van der Waals surface area contributed by atoms with Crippen molar-refractivity contribution in [2.24, 2.45) is 0 Å². The van der Waals surface area contributed by atoms with Gasteiger partial charge in [-0.1, -0.05) is 29.8 Å². The van der Waals surface area contributed by atoms with E-state index in [1.165, 1.54) is 12.1 Å². The van der Waals surface area contributed by atoms with Gasteiger partial charge in [-0.25, -0.2) is 8.78 Å². The van der Waals surface area contributed by atoms with Crippen molar-refractivity contribution in [1.82, 2.24) is 9.78 Å². The van der Waals surface area contributed by atoms with E-state index in [0.717, 1.165) is 11.1 Å². The maximum absolute atomic E-state index is 13.7. The number of ether oxygens (including phenoxy) is 1. The van der Waals surface area contributed by atoms with Crippen molar-refractivity contribution in [2.75, 3.05) is 5.32 Å². The molecular weight excluding hydrogens is 522 g/mol. The highest BCUT2D eigenvalue weighted by Gasteiger charge is 2.22. The van der Waals surface area contributed by atoms with Crippen LogP contribution in [0, 0.1) is 30.2 Å². The number of aryl methyl sites for hydroxylation is 1. The largest absolute Gasteiger partial charge is 0.479 e. The summed E-state index contributed by atoms with van der Waals surface area (Å²) in [5.41, 5.74) is 2.17. The number of hydrogen-bond acceptors (Lipinski definition) is 4. The van der Waals surface area contributed by atoms with Crippen molar-refractivity contribution in [1.29, 1.82) is 0 Å². The predicted octanol–water partition coefficient (Wildman–Crippen LogP) is 5.98. The Morgan fingerprint density at radius 3 is 2.44 bits per heavy atom. The first-order valence-corrected chi connectivity index (χ1v) is 10.6. The number of nitrogens with one attached hydrogen (secondary N) is 1. The van der Waals surface area contributed by atoms with Gasteiger partial charge in [0.25, 0.3) is 5.91 Å². The van der Waals surface area contributed by atoms with E-state index in [4.69, 9.17) is 9.15 Å². The Morgan fingerprint density at radius 1 is 1.09 bits per heavy atom. The topological polar surface area (TPSA) is 69.3 Å². The van der Waals surface area contributed by atoms with Crippen molar-refractivity contribution in [3.63, 3.8) is 0 Å². The van der Waals surface area contributed by atoms with Crippen LogP contribution in [0.3, 0.4) is 0 Å². The molecule has 0 unspecified atom stereocenters. The highest BCUT2D eigenvalue weighted by atomic mass is 79.9. The van der Waals surface area contributed by atoms with Crippen LogP contribution in [0.4, 0.5) is 23.4 Å². The van der Waals surface area contributed by atoms with Gasteiger partial charge in [-0.15, -0.1) is 0 Å². The molecule has 0 aliphatic rings. The number of nitrogens with zero attached hydrogens (tertiary/aromatic N) is 2. The summed E-state index contributed by atoms with van der Waals surface area (Å²) in [5.74, 6) is -8.27. The molecule has 11 heteroatoms. The van der Waals surface area contributed by atoms with Crippen molar-refractivity contribution in [2.45, 2.75) is 20.1 Å². The number of amides is 1. The number of furan rings is 1. The van der Waals surface area contributed by atoms with E-state index in [9.17, 15) is 22.4 Å². The molecule has 0 spiro atoms. The molecule has 34 heavy (non-hydrogen) atoms. The van der Waals surface area contributed by atoms with Crippen LogP contribution in [-0.4, -0.2) is 15.7 Å². The summed E-state index contributed by atoms with van der Waals surface area (Å²) in [7, 11) is 0. The molecule has 0 aliphatic carbocycles. The SMILES string of the molecule is Cc1ccc(Cn2cc(Br)c(NC(=O)c3ccc(COc4c(F)c(F)cc(F)c4F)o3)n2)cc1. The molecule has 0 bridgehead atoms. The lowest BCUT2D eigenvalue weighted by Gasteiger charge is -2.08. The van der Waals surface area contributed by atoms with E-state index in [-0.39, 0.29) is 23.4 Å². The Bertz CT molecular complexity index is 1330. The Balaban J connectivity index is 1.40. The molecule has 0 saturated carbocycles. The summed E-state index contributed by atoms with van der Waals surface area (Å²) in [6.45, 7) is 1.91. The van der Waals surface area contributed by atoms with Gasteiger partial charge in [-0.05, 0) is 40.5 Å². The second-order valence-electron chi connectivity index (χ2n) is 7.31. The molecule has 4 aromatic rings. The zero-order valence-electron chi connectivity index (χ0n) is 17.5. The Hall–Kier alpha value is -3.60. The number of carbonyl (C=O) groups is 1. The highest BCUT2D eigenvalue weighted by Crippen LogP contribution is 2.27. The number of anilines is 1. The van der Waals surface area contributed by atoms with Gasteiger partial charge in [-0.2, -0.15) is 13.9 Å². The van der Waals surface area contributed by atoms with Crippen LogP contribution in [0.5, 0.6) is 5.75 Å². The van der Waals surface area contributed by atoms with Gasteiger partial charge in [0.15, 0.2) is 29.0 Å². The van der Waals surface area contributed by atoms with Gasteiger partial charge in [0.1, 0.15) is 12.4 Å². The Labute approximate surface area is 199 Å². The Kier molecular flexibility index (Phi) is 6.73. The maximum Gasteiger partial charge on any atom is 0.292 e. The fourth-order valence-corrected chi connectivity index (χ4v) is 3.43. The number of carbonyl (C=O) groups excluding carboxylic acids is 1. The van der Waals surface area contributed by atoms with Crippen molar-refractivity contribution in [3.05, 3.63) is 99.1 Å². The summed E-state index contributed by atoms with van der Waals surface area (Å²) in [6, 6.07) is 10.6. The number of halogens is 5. The predicted molar refractivity (Wildman–Crippen MR) is 117 cm³/mol. The third-order valence-corrected chi connectivity index (χ3v) is 5.31. The first-order valence-electron chi connectivity index (χ1n) is 9.85. The zero-order valence-corrected chi connectivity index (χ0v) is 19.1. The van der Waals surface area contributed by atoms with Crippen LogP contribution in [0.15, 0.2) is 57.6 Å². The molecule has 6 nitrogen and oxygen atoms in total. The first-order chi connectivity index (χ1) is 16.2. The smallest absolute Gasteiger partial charge is 0.292 e. The molecule has 1 N–H and O–H groups in total. The maximum atomic E-state index is 13.7. The molecule has 0 atom stereocenters. The normalized spacial score (nSPS) is 11.0. The summed E-state index contributed by atoms with van der Waals surface area (Å²) < 4.78 is 66.3. The van der Waals surface area contributed by atoms with E-state index in [1.807, 2.05) is 31.2 Å². The molecule has 176 valence electrons. The fourth-order valence-electron chi connectivity index (χ4n) is 3.01. The molecule has 2 aromatic heterocycles. The minimum absolute atomic E-state index is 0.00224. The summed E-state index contributed by atoms with van der Waals surface area (Å²) >= 11 is 3.34. The first kappa shape index (κ1) is 23.6. The lowest BCUT2D eigenvalue weighted by molar-refractivity contribution is 0.0991. The molecular formula is C23H16BrF4N3O3. The van der Waals surface area contributed by atoms with Gasteiger partial charge in [0.2, 0.25) is 11.6 Å². The van der Waals surface area contributed by atoms with Gasteiger partial charge >= 0.3 is 0 Å². The van der Waals surface area contributed by atoms with Crippen molar-refractivity contribution in [3.8, 4) is 5.75 Å². The van der Waals surface area contributed by atoms with Crippen LogP contribution in [-0.2, 0) is 13.2 Å². The molecule has 2 aromatic carbocycles. The number of aromatic nitrogens is 2. The van der Waals surface area contributed by atoms with Crippen LogP contribution in [0.2, 0.25) is 0 Å². The summed E-state index contributed by atoms with van der Waals surface area (Å²) in [4.78, 5) is 12.5. The molecule has 0 fully saturated rings. The lowest BCUT2D eigenvalue weighted by atomic mass is 10.1. The highest BCUT2D eigenvalue weighted by molar-refractivity contribution is 9.10.